The van der Waals surface area contributed by atoms with Crippen LogP contribution in [-0.4, -0.2) is 61.0 Å². The monoisotopic (exact) mass is 549 g/mol. The molecule has 1 N–H and O–H groups in total. The first-order chi connectivity index (χ1) is 19.4. The standard InChI is InChI=1S/C30H39N5O5/c1-4-5-16-34(17-11-18-35-22-31-28-27(35)29(37)33(3)30(38)32(28)2)19-24(36)21-40-26-15-10-9-14-25(26)39-20-23-12-7-6-8-13-23/h6-10,12-15,22,24,36H,4-5,11,16-21H2,1-3H3. The van der Waals surface area contributed by atoms with Crippen LogP contribution < -0.4 is 20.7 Å². The molecule has 0 bridgehead atoms. The van der Waals surface area contributed by atoms with Gasteiger partial charge in [-0.1, -0.05) is 55.8 Å². The third-order valence-electron chi connectivity index (χ3n) is 6.90. The first kappa shape index (κ1) is 29.1. The van der Waals surface area contributed by atoms with Crippen molar-refractivity contribution in [2.75, 3.05) is 26.2 Å². The first-order valence-electron chi connectivity index (χ1n) is 13.8. The van der Waals surface area contributed by atoms with Crippen LogP contribution in [0.1, 0.15) is 31.7 Å². The van der Waals surface area contributed by atoms with Crippen molar-refractivity contribution >= 4 is 11.2 Å². The zero-order chi connectivity index (χ0) is 28.5. The number of aliphatic hydroxyl groups excluding tert-OH is 1. The van der Waals surface area contributed by atoms with Gasteiger partial charge in [0.25, 0.3) is 5.56 Å². The third kappa shape index (κ3) is 7.19. The minimum atomic E-state index is -0.685. The average molecular weight is 550 g/mol. The Labute approximate surface area is 234 Å². The van der Waals surface area contributed by atoms with Crippen molar-refractivity contribution in [2.45, 2.75) is 45.4 Å². The van der Waals surface area contributed by atoms with Crippen molar-refractivity contribution in [3.63, 3.8) is 0 Å². The molecule has 0 saturated heterocycles. The van der Waals surface area contributed by atoms with Crippen molar-refractivity contribution in [3.8, 4) is 11.5 Å². The van der Waals surface area contributed by atoms with Gasteiger partial charge in [-0.05, 0) is 43.6 Å². The molecular weight excluding hydrogens is 510 g/mol. The molecule has 0 saturated carbocycles. The van der Waals surface area contributed by atoms with Crippen molar-refractivity contribution in [2.24, 2.45) is 14.1 Å². The number of rotatable bonds is 15. The second kappa shape index (κ2) is 14.0. The van der Waals surface area contributed by atoms with E-state index < -0.39 is 11.8 Å². The van der Waals surface area contributed by atoms with Gasteiger partial charge in [0.05, 0.1) is 6.33 Å². The SMILES string of the molecule is CCCCN(CCCn1cnc2c1c(=O)n(C)c(=O)n2C)CC(O)COc1ccccc1OCc1ccccc1. The lowest BCUT2D eigenvalue weighted by Crippen LogP contribution is -2.38. The van der Waals surface area contributed by atoms with Crippen molar-refractivity contribution < 1.29 is 14.6 Å². The van der Waals surface area contributed by atoms with E-state index in [2.05, 4.69) is 16.8 Å². The fourth-order valence-corrected chi connectivity index (χ4v) is 4.67. The normalized spacial score (nSPS) is 12.2. The molecule has 10 nitrogen and oxygen atoms in total. The lowest BCUT2D eigenvalue weighted by Gasteiger charge is -2.25. The van der Waals surface area contributed by atoms with E-state index in [9.17, 15) is 14.7 Å². The summed E-state index contributed by atoms with van der Waals surface area (Å²) < 4.78 is 16.2. The van der Waals surface area contributed by atoms with E-state index in [0.717, 1.165) is 42.5 Å². The fourth-order valence-electron chi connectivity index (χ4n) is 4.67. The number of hydrogen-bond donors (Lipinski definition) is 1. The maximum absolute atomic E-state index is 12.7. The number of aryl methyl sites for hydroxylation is 2. The molecule has 0 aliphatic rings. The molecule has 10 heteroatoms. The highest BCUT2D eigenvalue weighted by molar-refractivity contribution is 5.69. The summed E-state index contributed by atoms with van der Waals surface area (Å²) in [7, 11) is 3.09. The molecule has 0 spiro atoms. The smallest absolute Gasteiger partial charge is 0.332 e. The van der Waals surface area contributed by atoms with Gasteiger partial charge in [-0.25, -0.2) is 9.78 Å². The highest BCUT2D eigenvalue weighted by atomic mass is 16.5. The van der Waals surface area contributed by atoms with Gasteiger partial charge in [0, 0.05) is 27.2 Å². The molecule has 0 aliphatic carbocycles. The number of aromatic nitrogens is 4. The number of benzene rings is 2. The number of aliphatic hydroxyl groups is 1. The Bertz CT molecular complexity index is 1490. The van der Waals surface area contributed by atoms with Crippen molar-refractivity contribution in [1.29, 1.82) is 0 Å². The second-order valence-corrected chi connectivity index (χ2v) is 10.0. The summed E-state index contributed by atoms with van der Waals surface area (Å²) in [6.07, 6.45) is 3.74. The summed E-state index contributed by atoms with van der Waals surface area (Å²) in [6.45, 7) is 5.35. The minimum Gasteiger partial charge on any atom is -0.487 e. The van der Waals surface area contributed by atoms with E-state index in [4.69, 9.17) is 9.47 Å². The molecule has 40 heavy (non-hydrogen) atoms. The largest absolute Gasteiger partial charge is 0.487 e. The summed E-state index contributed by atoms with van der Waals surface area (Å²) in [5.41, 5.74) is 1.13. The van der Waals surface area contributed by atoms with Crippen LogP contribution in [0.5, 0.6) is 11.5 Å². The number of hydrogen-bond acceptors (Lipinski definition) is 7. The van der Waals surface area contributed by atoms with Gasteiger partial charge in [-0.15, -0.1) is 0 Å². The molecule has 0 aliphatic heterocycles. The highest BCUT2D eigenvalue weighted by Gasteiger charge is 2.16. The van der Waals surface area contributed by atoms with Gasteiger partial charge in [0.15, 0.2) is 22.7 Å². The summed E-state index contributed by atoms with van der Waals surface area (Å²) in [4.78, 5) is 31.4. The maximum Gasteiger partial charge on any atom is 0.332 e. The van der Waals surface area contributed by atoms with Gasteiger partial charge < -0.3 is 24.0 Å². The third-order valence-corrected chi connectivity index (χ3v) is 6.90. The topological polar surface area (TPSA) is 104 Å². The maximum atomic E-state index is 12.7. The Balaban J connectivity index is 1.32. The summed E-state index contributed by atoms with van der Waals surface area (Å²) >= 11 is 0. The number of fused-ring (bicyclic) bond motifs is 1. The lowest BCUT2D eigenvalue weighted by molar-refractivity contribution is 0.0654. The van der Waals surface area contributed by atoms with Crippen LogP contribution in [0.2, 0.25) is 0 Å². The summed E-state index contributed by atoms with van der Waals surface area (Å²) in [6, 6.07) is 17.4. The van der Waals surface area contributed by atoms with Gasteiger partial charge >= 0.3 is 5.69 Å². The molecule has 2 heterocycles. The predicted octanol–water partition coefficient (Wildman–Crippen LogP) is 2.94. The number of imidazole rings is 1. The van der Waals surface area contributed by atoms with Gasteiger partial charge in [0.1, 0.15) is 19.3 Å². The molecule has 4 aromatic rings. The molecule has 1 unspecified atom stereocenters. The summed E-state index contributed by atoms with van der Waals surface area (Å²) in [5.74, 6) is 1.23. The van der Waals surface area contributed by atoms with Crippen LogP contribution in [0.15, 0.2) is 70.5 Å². The Kier molecular flexibility index (Phi) is 10.2. The van der Waals surface area contributed by atoms with E-state index in [1.54, 1.807) is 17.9 Å². The van der Waals surface area contributed by atoms with E-state index in [1.165, 1.54) is 11.6 Å². The Morgan fingerprint density at radius 3 is 2.33 bits per heavy atom. The van der Waals surface area contributed by atoms with Crippen LogP contribution in [-0.2, 0) is 27.2 Å². The number of para-hydroxylation sites is 2. The van der Waals surface area contributed by atoms with Gasteiger partial charge in [0.2, 0.25) is 0 Å². The van der Waals surface area contributed by atoms with Crippen LogP contribution in [0, 0.1) is 0 Å². The van der Waals surface area contributed by atoms with E-state index in [-0.39, 0.29) is 12.2 Å². The van der Waals surface area contributed by atoms with Crippen molar-refractivity contribution in [3.05, 3.63) is 87.3 Å². The van der Waals surface area contributed by atoms with E-state index in [1.807, 2.05) is 54.6 Å². The van der Waals surface area contributed by atoms with Crippen LogP contribution in [0.4, 0.5) is 0 Å². The molecule has 0 radical (unpaired) electrons. The molecule has 0 fully saturated rings. The molecule has 2 aromatic carbocycles. The predicted molar refractivity (Wildman–Crippen MR) is 155 cm³/mol. The molecular formula is C30H39N5O5. The molecule has 4 rings (SSSR count). The van der Waals surface area contributed by atoms with Crippen molar-refractivity contribution in [1.82, 2.24) is 23.6 Å². The number of unbranched alkanes of at least 4 members (excludes halogenated alkanes) is 1. The van der Waals surface area contributed by atoms with E-state index in [0.29, 0.717) is 42.4 Å². The van der Waals surface area contributed by atoms with Crippen LogP contribution in [0.25, 0.3) is 11.2 Å². The Hall–Kier alpha value is -3.89. The molecule has 2 aromatic heterocycles. The average Bonchev–Trinajstić information content (AvgIpc) is 3.40. The minimum absolute atomic E-state index is 0.143. The van der Waals surface area contributed by atoms with Gasteiger partial charge in [-0.2, -0.15) is 0 Å². The fraction of sp³-hybridized carbons (Fsp3) is 0.433. The molecule has 214 valence electrons. The molecule has 0 amide bonds. The number of nitrogens with zero attached hydrogens (tertiary/aromatic N) is 5. The molecule has 1 atom stereocenters. The first-order valence-corrected chi connectivity index (χ1v) is 13.8. The van der Waals surface area contributed by atoms with Crippen LogP contribution >= 0.6 is 0 Å². The lowest BCUT2D eigenvalue weighted by atomic mass is 10.2. The second-order valence-electron chi connectivity index (χ2n) is 10.0. The zero-order valence-electron chi connectivity index (χ0n) is 23.5. The van der Waals surface area contributed by atoms with E-state index >= 15 is 0 Å². The summed E-state index contributed by atoms with van der Waals surface area (Å²) in [5, 5.41) is 10.8. The van der Waals surface area contributed by atoms with Crippen LogP contribution in [0.3, 0.4) is 0 Å². The van der Waals surface area contributed by atoms with Gasteiger partial charge in [-0.3, -0.25) is 13.9 Å². The number of ether oxygens (including phenoxy) is 2. The highest BCUT2D eigenvalue weighted by Crippen LogP contribution is 2.27. The Morgan fingerprint density at radius 1 is 0.925 bits per heavy atom. The Morgan fingerprint density at radius 2 is 1.60 bits per heavy atom. The zero-order valence-corrected chi connectivity index (χ0v) is 23.5. The quantitative estimate of drug-likeness (QED) is 0.243.